The molecule has 0 spiro atoms. The van der Waals surface area contributed by atoms with Crippen molar-refractivity contribution in [3.8, 4) is 5.75 Å². The third-order valence-electron chi connectivity index (χ3n) is 4.09. The first-order valence-corrected chi connectivity index (χ1v) is 8.97. The smallest absolute Gasteiger partial charge is 0.261 e. The van der Waals surface area contributed by atoms with Gasteiger partial charge < -0.3 is 19.7 Å². The van der Waals surface area contributed by atoms with Crippen molar-refractivity contribution in [3.63, 3.8) is 0 Å². The SMILES string of the molecule is C[C@H](Oc1cccc(Cl)c1)C(=O)NCc1ccc(N2CCOCC2)nc1. The molecule has 1 N–H and O–H groups in total. The first kappa shape index (κ1) is 18.5. The Hall–Kier alpha value is -2.31. The monoisotopic (exact) mass is 375 g/mol. The number of nitrogens with one attached hydrogen (secondary N) is 1. The maximum Gasteiger partial charge on any atom is 0.261 e. The average Bonchev–Trinajstić information content (AvgIpc) is 2.67. The standard InChI is InChI=1S/C19H22ClN3O3/c1-14(26-17-4-2-3-16(20)11-17)19(24)22-13-15-5-6-18(21-12-15)23-7-9-25-10-8-23/h2-6,11-12,14H,7-10,13H2,1H3,(H,22,24)/t14-/m0/s1. The highest BCUT2D eigenvalue weighted by Crippen LogP contribution is 2.18. The third kappa shape index (κ3) is 5.09. The zero-order valence-electron chi connectivity index (χ0n) is 14.7. The highest BCUT2D eigenvalue weighted by atomic mass is 35.5. The Kier molecular flexibility index (Phi) is 6.30. The zero-order chi connectivity index (χ0) is 18.4. The highest BCUT2D eigenvalue weighted by Gasteiger charge is 2.15. The van der Waals surface area contributed by atoms with Crippen LogP contribution in [0.5, 0.6) is 5.75 Å². The number of ether oxygens (including phenoxy) is 2. The summed E-state index contributed by atoms with van der Waals surface area (Å²) in [6.45, 7) is 5.26. The predicted molar refractivity (Wildman–Crippen MR) is 101 cm³/mol. The van der Waals surface area contributed by atoms with Gasteiger partial charge >= 0.3 is 0 Å². The maximum absolute atomic E-state index is 12.2. The normalized spacial score (nSPS) is 15.4. The van der Waals surface area contributed by atoms with Gasteiger partial charge in [0.2, 0.25) is 0 Å². The van der Waals surface area contributed by atoms with Crippen LogP contribution in [-0.2, 0) is 16.1 Å². The molecule has 2 heterocycles. The van der Waals surface area contributed by atoms with Crippen molar-refractivity contribution in [2.45, 2.75) is 19.6 Å². The highest BCUT2D eigenvalue weighted by molar-refractivity contribution is 6.30. The number of morpholine rings is 1. The van der Waals surface area contributed by atoms with Crippen molar-refractivity contribution in [1.29, 1.82) is 0 Å². The molecule has 1 aliphatic rings. The van der Waals surface area contributed by atoms with Crippen LogP contribution >= 0.6 is 11.6 Å². The summed E-state index contributed by atoms with van der Waals surface area (Å²) in [5, 5.41) is 3.43. The van der Waals surface area contributed by atoms with E-state index in [2.05, 4.69) is 15.2 Å². The van der Waals surface area contributed by atoms with E-state index in [1.54, 1.807) is 37.4 Å². The van der Waals surface area contributed by atoms with Crippen molar-refractivity contribution in [2.24, 2.45) is 0 Å². The van der Waals surface area contributed by atoms with Crippen molar-refractivity contribution in [3.05, 3.63) is 53.2 Å². The van der Waals surface area contributed by atoms with Crippen molar-refractivity contribution in [2.75, 3.05) is 31.2 Å². The second kappa shape index (κ2) is 8.87. The number of carbonyl (C=O) groups excluding carboxylic acids is 1. The maximum atomic E-state index is 12.2. The number of carbonyl (C=O) groups is 1. The van der Waals surface area contributed by atoms with E-state index in [0.29, 0.717) is 17.3 Å². The van der Waals surface area contributed by atoms with Crippen LogP contribution in [0, 0.1) is 0 Å². The first-order valence-electron chi connectivity index (χ1n) is 8.59. The molecule has 26 heavy (non-hydrogen) atoms. The fraction of sp³-hybridized carbons (Fsp3) is 0.368. The minimum absolute atomic E-state index is 0.192. The van der Waals surface area contributed by atoms with Gasteiger partial charge in [-0.15, -0.1) is 0 Å². The molecule has 6 nitrogen and oxygen atoms in total. The Bertz CT molecular complexity index is 733. The Balaban J connectivity index is 1.49. The van der Waals surface area contributed by atoms with E-state index >= 15 is 0 Å². The van der Waals surface area contributed by atoms with Gasteiger partial charge in [-0.05, 0) is 36.8 Å². The van der Waals surface area contributed by atoms with Gasteiger partial charge in [0, 0.05) is 30.9 Å². The molecule has 1 atom stereocenters. The molecule has 2 aromatic rings. The van der Waals surface area contributed by atoms with Gasteiger partial charge in [-0.25, -0.2) is 4.98 Å². The number of rotatable bonds is 6. The summed E-state index contributed by atoms with van der Waals surface area (Å²) in [6, 6.07) is 10.9. The molecule has 0 saturated carbocycles. The molecule has 7 heteroatoms. The Morgan fingerprint density at radius 2 is 2.15 bits per heavy atom. The molecule has 1 aromatic carbocycles. The number of aromatic nitrogens is 1. The molecular formula is C19H22ClN3O3. The quantitative estimate of drug-likeness (QED) is 0.841. The van der Waals surface area contributed by atoms with E-state index < -0.39 is 6.10 Å². The van der Waals surface area contributed by atoms with Crippen LogP contribution in [0.25, 0.3) is 0 Å². The van der Waals surface area contributed by atoms with Crippen LogP contribution in [0.1, 0.15) is 12.5 Å². The van der Waals surface area contributed by atoms with Gasteiger partial charge in [0.25, 0.3) is 5.91 Å². The summed E-state index contributed by atoms with van der Waals surface area (Å²) < 4.78 is 11.0. The van der Waals surface area contributed by atoms with Crippen LogP contribution in [0.4, 0.5) is 5.82 Å². The topological polar surface area (TPSA) is 63.7 Å². The van der Waals surface area contributed by atoms with Crippen LogP contribution < -0.4 is 15.0 Å². The van der Waals surface area contributed by atoms with Crippen molar-refractivity contribution >= 4 is 23.3 Å². The van der Waals surface area contributed by atoms with Gasteiger partial charge in [-0.1, -0.05) is 23.7 Å². The lowest BCUT2D eigenvalue weighted by Gasteiger charge is -2.27. The number of benzene rings is 1. The second-order valence-corrected chi connectivity index (χ2v) is 6.50. The van der Waals surface area contributed by atoms with E-state index in [1.165, 1.54) is 0 Å². The van der Waals surface area contributed by atoms with Crippen LogP contribution in [-0.4, -0.2) is 43.3 Å². The Morgan fingerprint density at radius 3 is 2.85 bits per heavy atom. The lowest BCUT2D eigenvalue weighted by molar-refractivity contribution is -0.127. The minimum Gasteiger partial charge on any atom is -0.481 e. The lowest BCUT2D eigenvalue weighted by atomic mass is 10.2. The number of halogens is 1. The number of pyridine rings is 1. The number of anilines is 1. The van der Waals surface area contributed by atoms with E-state index in [9.17, 15) is 4.79 Å². The van der Waals surface area contributed by atoms with Gasteiger partial charge in [0.05, 0.1) is 13.2 Å². The van der Waals surface area contributed by atoms with Crippen LogP contribution in [0.3, 0.4) is 0 Å². The van der Waals surface area contributed by atoms with Gasteiger partial charge in [0.15, 0.2) is 6.10 Å². The van der Waals surface area contributed by atoms with E-state index in [-0.39, 0.29) is 5.91 Å². The molecule has 0 bridgehead atoms. The van der Waals surface area contributed by atoms with E-state index in [0.717, 1.165) is 37.7 Å². The summed E-state index contributed by atoms with van der Waals surface area (Å²) in [5.74, 6) is 1.31. The number of hydrogen-bond acceptors (Lipinski definition) is 5. The summed E-state index contributed by atoms with van der Waals surface area (Å²) in [4.78, 5) is 18.9. The molecular weight excluding hydrogens is 354 g/mol. The van der Waals surface area contributed by atoms with Crippen molar-refractivity contribution < 1.29 is 14.3 Å². The summed E-state index contributed by atoms with van der Waals surface area (Å²) >= 11 is 5.92. The van der Waals surface area contributed by atoms with Crippen LogP contribution in [0.2, 0.25) is 5.02 Å². The average molecular weight is 376 g/mol. The summed E-state index contributed by atoms with van der Waals surface area (Å²) in [6.07, 6.45) is 1.17. The molecule has 1 aliphatic heterocycles. The van der Waals surface area contributed by atoms with Gasteiger partial charge in [0.1, 0.15) is 11.6 Å². The molecule has 1 saturated heterocycles. The predicted octanol–water partition coefficient (Wildman–Crippen LogP) is 2.66. The van der Waals surface area contributed by atoms with Gasteiger partial charge in [-0.2, -0.15) is 0 Å². The Morgan fingerprint density at radius 1 is 1.35 bits per heavy atom. The molecule has 0 aliphatic carbocycles. The van der Waals surface area contributed by atoms with Crippen LogP contribution in [0.15, 0.2) is 42.6 Å². The molecule has 0 radical (unpaired) electrons. The summed E-state index contributed by atoms with van der Waals surface area (Å²) in [5.41, 5.74) is 0.935. The zero-order valence-corrected chi connectivity index (χ0v) is 15.4. The van der Waals surface area contributed by atoms with E-state index in [4.69, 9.17) is 21.1 Å². The molecule has 3 rings (SSSR count). The van der Waals surface area contributed by atoms with E-state index in [1.807, 2.05) is 12.1 Å². The third-order valence-corrected chi connectivity index (χ3v) is 4.32. The fourth-order valence-electron chi connectivity index (χ4n) is 2.63. The first-order chi connectivity index (χ1) is 12.6. The lowest BCUT2D eigenvalue weighted by Crippen LogP contribution is -2.37. The molecule has 0 unspecified atom stereocenters. The Labute approximate surface area is 158 Å². The minimum atomic E-state index is -0.617. The number of amides is 1. The molecule has 1 amide bonds. The number of hydrogen-bond donors (Lipinski definition) is 1. The van der Waals surface area contributed by atoms with Crippen molar-refractivity contribution in [1.82, 2.24) is 10.3 Å². The molecule has 1 aromatic heterocycles. The number of nitrogens with zero attached hydrogens (tertiary/aromatic N) is 2. The summed E-state index contributed by atoms with van der Waals surface area (Å²) in [7, 11) is 0. The fourth-order valence-corrected chi connectivity index (χ4v) is 2.81. The molecule has 1 fully saturated rings. The van der Waals surface area contributed by atoms with Gasteiger partial charge in [-0.3, -0.25) is 4.79 Å². The molecule has 138 valence electrons. The second-order valence-electron chi connectivity index (χ2n) is 6.06. The largest absolute Gasteiger partial charge is 0.481 e.